The van der Waals surface area contributed by atoms with Crippen LogP contribution in [0.1, 0.15) is 16.0 Å². The quantitative estimate of drug-likeness (QED) is 0.257. The summed E-state index contributed by atoms with van der Waals surface area (Å²) in [6, 6.07) is 18.9. The predicted octanol–water partition coefficient (Wildman–Crippen LogP) is 4.26. The van der Waals surface area contributed by atoms with E-state index in [0.29, 0.717) is 13.0 Å². The van der Waals surface area contributed by atoms with E-state index >= 15 is 0 Å². The number of hydrazine groups is 1. The molecule has 0 atom stereocenters. The van der Waals surface area contributed by atoms with E-state index in [4.69, 9.17) is 9.53 Å². The molecule has 0 radical (unpaired) electrons. The summed E-state index contributed by atoms with van der Waals surface area (Å²) >= 11 is 1.81. The van der Waals surface area contributed by atoms with Crippen molar-refractivity contribution >= 4 is 23.4 Å². The Morgan fingerprint density at radius 2 is 1.85 bits per heavy atom. The summed E-state index contributed by atoms with van der Waals surface area (Å²) in [6.07, 6.45) is 0.403. The molecule has 0 aliphatic heterocycles. The van der Waals surface area contributed by atoms with E-state index < -0.39 is 0 Å². The van der Waals surface area contributed by atoms with Crippen molar-refractivity contribution in [2.24, 2.45) is 5.84 Å². The molecule has 0 spiro atoms. The van der Waals surface area contributed by atoms with Gasteiger partial charge in [-0.3, -0.25) is 10.2 Å². The molecule has 0 unspecified atom stereocenters. The van der Waals surface area contributed by atoms with Crippen LogP contribution in [0.15, 0.2) is 54.6 Å². The lowest BCUT2D eigenvalue weighted by Gasteiger charge is -2.14. The Hall–Kier alpha value is -2.83. The Morgan fingerprint density at radius 3 is 2.48 bits per heavy atom. The van der Waals surface area contributed by atoms with Crippen molar-refractivity contribution in [1.82, 2.24) is 5.43 Å². The molecule has 3 aromatic rings. The van der Waals surface area contributed by atoms with Gasteiger partial charge in [0, 0.05) is 28.1 Å². The molecule has 2 aromatic carbocycles. The first-order valence-corrected chi connectivity index (χ1v) is 9.36. The molecule has 0 bridgehead atoms. The monoisotopic (exact) mass is 383 g/mol. The summed E-state index contributed by atoms with van der Waals surface area (Å²) in [5, 5.41) is 3.23. The first-order valence-electron chi connectivity index (χ1n) is 8.54. The van der Waals surface area contributed by atoms with E-state index in [9.17, 15) is 0 Å². The van der Waals surface area contributed by atoms with Crippen LogP contribution >= 0.6 is 11.3 Å². The smallest absolute Gasteiger partial charge is 0.221 e. The molecule has 5 nitrogen and oxygen atoms in total. The highest BCUT2D eigenvalue weighted by molar-refractivity contribution is 7.15. The number of nitrogens with one attached hydrogen (secondary N) is 2. The number of nitrogens with two attached hydrogens (primary N) is 1. The van der Waals surface area contributed by atoms with Gasteiger partial charge in [0.05, 0.1) is 0 Å². The summed E-state index contributed by atoms with van der Waals surface area (Å²) in [4.78, 5) is 11.5. The number of carbonyl (C=O) groups is 1. The molecule has 0 aliphatic carbocycles. The number of aryl methyl sites for hydroxylation is 2. The third kappa shape index (κ3) is 5.84. The summed E-state index contributed by atoms with van der Waals surface area (Å²) in [5.74, 6) is 5.31. The Labute approximate surface area is 164 Å². The Morgan fingerprint density at radius 1 is 1.11 bits per heavy atom. The van der Waals surface area contributed by atoms with Crippen LogP contribution in [0.3, 0.4) is 0 Å². The summed E-state index contributed by atoms with van der Waals surface area (Å²) < 4.78 is 6.05. The minimum atomic E-state index is 0.403. The van der Waals surface area contributed by atoms with E-state index in [1.54, 1.807) is 16.8 Å². The molecule has 1 amide bonds. The second-order valence-electron chi connectivity index (χ2n) is 5.86. The van der Waals surface area contributed by atoms with E-state index in [-0.39, 0.29) is 0 Å². The van der Waals surface area contributed by atoms with Gasteiger partial charge in [-0.2, -0.15) is 0 Å². The molecule has 0 saturated heterocycles. The fourth-order valence-electron chi connectivity index (χ4n) is 2.61. The maximum absolute atomic E-state index is 8.94. The molecular formula is C21H25N3O2S. The first-order chi connectivity index (χ1) is 13.1. The molecular weight excluding hydrogens is 358 g/mol. The Balaban J connectivity index is 0.000000596. The van der Waals surface area contributed by atoms with Gasteiger partial charge in [0.1, 0.15) is 12.4 Å². The zero-order chi connectivity index (χ0) is 19.6. The van der Waals surface area contributed by atoms with Crippen molar-refractivity contribution in [2.45, 2.75) is 20.5 Å². The summed E-state index contributed by atoms with van der Waals surface area (Å²) in [6.45, 7) is 4.81. The molecule has 27 heavy (non-hydrogen) atoms. The number of benzene rings is 2. The van der Waals surface area contributed by atoms with Crippen LogP contribution in [0.2, 0.25) is 0 Å². The number of ether oxygens (including phenoxy) is 1. The normalized spacial score (nSPS) is 9.78. The highest BCUT2D eigenvalue weighted by Gasteiger charge is 2.07. The third-order valence-electron chi connectivity index (χ3n) is 3.99. The highest BCUT2D eigenvalue weighted by atomic mass is 32.1. The number of hydrogen-bond acceptors (Lipinski definition) is 5. The van der Waals surface area contributed by atoms with Crippen LogP contribution in [-0.4, -0.2) is 13.5 Å². The maximum Gasteiger partial charge on any atom is 0.221 e. The average molecular weight is 384 g/mol. The number of anilines is 1. The van der Waals surface area contributed by atoms with Gasteiger partial charge in [-0.05, 0) is 55.3 Å². The number of amides is 1. The topological polar surface area (TPSA) is 76.4 Å². The zero-order valence-corrected chi connectivity index (χ0v) is 16.6. The molecule has 0 fully saturated rings. The van der Waals surface area contributed by atoms with Crippen LogP contribution in [0.4, 0.5) is 5.69 Å². The van der Waals surface area contributed by atoms with Crippen LogP contribution < -0.4 is 21.3 Å². The standard InChI is InChI=1S/C20H21NOS.CH4N2O/c1-14-6-4-9-19(21-3)18(14)13-22-17-8-5-7-16(12-17)20-11-10-15(2)23-20;2-3-1-4/h4-12,21H,13H2,1-3H3;1H,2H2,(H,3,4). The number of carbonyl (C=O) groups excluding carboxylic acids is 1. The zero-order valence-electron chi connectivity index (χ0n) is 15.8. The molecule has 1 heterocycles. The molecule has 1 aromatic heterocycles. The van der Waals surface area contributed by atoms with Gasteiger partial charge >= 0.3 is 0 Å². The van der Waals surface area contributed by atoms with Gasteiger partial charge in [-0.1, -0.05) is 24.3 Å². The molecule has 3 rings (SSSR count). The fourth-order valence-corrected chi connectivity index (χ4v) is 3.48. The van der Waals surface area contributed by atoms with Crippen molar-refractivity contribution < 1.29 is 9.53 Å². The minimum Gasteiger partial charge on any atom is -0.489 e. The van der Waals surface area contributed by atoms with Gasteiger partial charge in [0.2, 0.25) is 6.41 Å². The van der Waals surface area contributed by atoms with E-state index in [2.05, 4.69) is 73.5 Å². The molecule has 0 saturated carbocycles. The number of hydrogen-bond donors (Lipinski definition) is 3. The number of rotatable bonds is 6. The summed E-state index contributed by atoms with van der Waals surface area (Å²) in [7, 11) is 1.94. The maximum atomic E-state index is 8.94. The van der Waals surface area contributed by atoms with Gasteiger partial charge in [0.15, 0.2) is 0 Å². The fraction of sp³-hybridized carbons (Fsp3) is 0.190. The van der Waals surface area contributed by atoms with Crippen molar-refractivity contribution in [2.75, 3.05) is 12.4 Å². The van der Waals surface area contributed by atoms with Crippen LogP contribution in [0.25, 0.3) is 10.4 Å². The Kier molecular flexibility index (Phi) is 7.85. The number of thiophene rings is 1. The lowest BCUT2D eigenvalue weighted by Crippen LogP contribution is -2.18. The lowest BCUT2D eigenvalue weighted by atomic mass is 10.1. The van der Waals surface area contributed by atoms with Crippen LogP contribution in [0.5, 0.6) is 5.75 Å². The van der Waals surface area contributed by atoms with Gasteiger partial charge in [-0.15, -0.1) is 11.3 Å². The van der Waals surface area contributed by atoms with Crippen molar-refractivity contribution in [3.8, 4) is 16.2 Å². The minimum absolute atomic E-state index is 0.403. The first kappa shape index (κ1) is 20.5. The second kappa shape index (κ2) is 10.4. The largest absolute Gasteiger partial charge is 0.489 e. The second-order valence-corrected chi connectivity index (χ2v) is 7.15. The Bertz CT molecular complexity index is 877. The highest BCUT2D eigenvalue weighted by Crippen LogP contribution is 2.30. The average Bonchev–Trinajstić information content (AvgIpc) is 3.13. The molecule has 142 valence electrons. The summed E-state index contributed by atoms with van der Waals surface area (Å²) in [5.41, 5.74) is 6.52. The van der Waals surface area contributed by atoms with Gasteiger partial charge in [-0.25, -0.2) is 5.84 Å². The van der Waals surface area contributed by atoms with Crippen molar-refractivity contribution in [3.63, 3.8) is 0 Å². The third-order valence-corrected chi connectivity index (χ3v) is 5.04. The predicted molar refractivity (Wildman–Crippen MR) is 113 cm³/mol. The van der Waals surface area contributed by atoms with Gasteiger partial charge < -0.3 is 10.1 Å². The molecule has 6 heteroatoms. The lowest BCUT2D eigenvalue weighted by molar-refractivity contribution is -0.109. The van der Waals surface area contributed by atoms with Crippen LogP contribution in [-0.2, 0) is 11.4 Å². The van der Waals surface area contributed by atoms with Crippen LogP contribution in [0, 0.1) is 13.8 Å². The molecule has 4 N–H and O–H groups in total. The van der Waals surface area contributed by atoms with Crippen molar-refractivity contribution in [3.05, 3.63) is 70.6 Å². The van der Waals surface area contributed by atoms with E-state index in [0.717, 1.165) is 11.4 Å². The van der Waals surface area contributed by atoms with Crippen molar-refractivity contribution in [1.29, 1.82) is 0 Å². The van der Waals surface area contributed by atoms with E-state index in [1.165, 1.54) is 26.4 Å². The SMILES string of the molecule is CNc1cccc(C)c1COc1cccc(-c2ccc(C)s2)c1.NNC=O. The van der Waals surface area contributed by atoms with Gasteiger partial charge in [0.25, 0.3) is 0 Å². The molecule has 0 aliphatic rings. The van der Waals surface area contributed by atoms with E-state index in [1.807, 2.05) is 13.1 Å².